The third kappa shape index (κ3) is 5.04. The summed E-state index contributed by atoms with van der Waals surface area (Å²) >= 11 is 0. The van der Waals surface area contributed by atoms with E-state index in [2.05, 4.69) is 5.32 Å². The number of rotatable bonds is 7. The molecule has 4 rings (SSSR count). The van der Waals surface area contributed by atoms with Gasteiger partial charge in [-0.3, -0.25) is 9.59 Å². The molecule has 1 amide bonds. The normalized spacial score (nSPS) is 14.9. The molecule has 0 saturated carbocycles. The zero-order valence-electron chi connectivity index (χ0n) is 17.5. The number of amides is 1. The van der Waals surface area contributed by atoms with E-state index < -0.39 is 10.0 Å². The minimum Gasteiger partial charge on any atom is -0.379 e. The van der Waals surface area contributed by atoms with Crippen LogP contribution in [0, 0.1) is 0 Å². The smallest absolute Gasteiger partial charge is 0.243 e. The fourth-order valence-electron chi connectivity index (χ4n) is 3.63. The van der Waals surface area contributed by atoms with E-state index in [9.17, 15) is 18.0 Å². The summed E-state index contributed by atoms with van der Waals surface area (Å²) in [5.41, 5.74) is 0.942. The highest BCUT2D eigenvalue weighted by Crippen LogP contribution is 2.21. The van der Waals surface area contributed by atoms with E-state index in [-0.39, 0.29) is 29.4 Å². The maximum atomic E-state index is 12.8. The quantitative estimate of drug-likeness (QED) is 0.554. The van der Waals surface area contributed by atoms with Crippen LogP contribution in [-0.4, -0.2) is 50.7 Å². The molecule has 1 aliphatic rings. The maximum Gasteiger partial charge on any atom is 0.243 e. The Morgan fingerprint density at radius 2 is 1.62 bits per heavy atom. The van der Waals surface area contributed by atoms with Gasteiger partial charge in [0, 0.05) is 37.2 Å². The van der Waals surface area contributed by atoms with Crippen molar-refractivity contribution >= 4 is 38.2 Å². The topological polar surface area (TPSA) is 92.8 Å². The lowest BCUT2D eigenvalue weighted by Crippen LogP contribution is -2.40. The number of hydrogen-bond acceptors (Lipinski definition) is 5. The summed E-state index contributed by atoms with van der Waals surface area (Å²) in [6.07, 6.45) is 0.0715. The van der Waals surface area contributed by atoms with Crippen molar-refractivity contribution in [1.82, 2.24) is 4.31 Å². The van der Waals surface area contributed by atoms with Crippen molar-refractivity contribution in [2.75, 3.05) is 31.6 Å². The Hall–Kier alpha value is -3.07. The number of ketones is 1. The first-order valence-electron chi connectivity index (χ1n) is 10.4. The molecular weight excluding hydrogens is 428 g/mol. The molecule has 32 heavy (non-hydrogen) atoms. The fourth-order valence-corrected chi connectivity index (χ4v) is 5.08. The van der Waals surface area contributed by atoms with Crippen molar-refractivity contribution in [3.8, 4) is 0 Å². The predicted molar refractivity (Wildman–Crippen MR) is 122 cm³/mol. The molecule has 8 heteroatoms. The van der Waals surface area contributed by atoms with Gasteiger partial charge in [-0.05, 0) is 35.0 Å². The van der Waals surface area contributed by atoms with Crippen molar-refractivity contribution in [3.05, 3.63) is 72.3 Å². The molecule has 3 aromatic rings. The molecule has 0 atom stereocenters. The first-order valence-corrected chi connectivity index (χ1v) is 11.9. The van der Waals surface area contributed by atoms with Gasteiger partial charge in [0.05, 0.1) is 18.1 Å². The van der Waals surface area contributed by atoms with Crippen molar-refractivity contribution in [3.63, 3.8) is 0 Å². The summed E-state index contributed by atoms with van der Waals surface area (Å²) in [5, 5.41) is 4.72. The minimum atomic E-state index is -3.65. The van der Waals surface area contributed by atoms with E-state index in [4.69, 9.17) is 4.74 Å². The molecule has 0 radical (unpaired) electrons. The number of nitrogens with zero attached hydrogens (tertiary/aromatic N) is 1. The molecule has 0 unspecified atom stereocenters. The number of carbonyl (C=O) groups is 2. The SMILES string of the molecule is O=C(CCC(=O)c1ccc2ccccc2c1)Nc1cccc(S(=O)(=O)N2CCOCC2)c1. The van der Waals surface area contributed by atoms with Crippen LogP contribution in [0.2, 0.25) is 0 Å². The van der Waals surface area contributed by atoms with Gasteiger partial charge < -0.3 is 10.1 Å². The molecule has 0 spiro atoms. The molecule has 1 heterocycles. The standard InChI is InChI=1S/C24H24N2O5S/c27-23(20-9-8-18-4-1-2-5-19(18)16-20)10-11-24(28)25-21-6-3-7-22(17-21)32(29,30)26-12-14-31-15-13-26/h1-9,16-17H,10-15H2,(H,25,28). The van der Waals surface area contributed by atoms with Crippen LogP contribution in [-0.2, 0) is 19.6 Å². The summed E-state index contributed by atoms with van der Waals surface area (Å²) in [5.74, 6) is -0.463. The lowest BCUT2D eigenvalue weighted by molar-refractivity contribution is -0.116. The van der Waals surface area contributed by atoms with Crippen LogP contribution in [0.3, 0.4) is 0 Å². The van der Waals surface area contributed by atoms with Crippen molar-refractivity contribution in [2.45, 2.75) is 17.7 Å². The molecule has 0 aliphatic carbocycles. The molecule has 1 saturated heterocycles. The molecule has 7 nitrogen and oxygen atoms in total. The van der Waals surface area contributed by atoms with Crippen LogP contribution in [0.15, 0.2) is 71.6 Å². The average Bonchev–Trinajstić information content (AvgIpc) is 2.83. The van der Waals surface area contributed by atoms with Crippen LogP contribution in [0.1, 0.15) is 23.2 Å². The maximum absolute atomic E-state index is 12.8. The van der Waals surface area contributed by atoms with Gasteiger partial charge in [-0.1, -0.05) is 42.5 Å². The highest BCUT2D eigenvalue weighted by Gasteiger charge is 2.26. The zero-order chi connectivity index (χ0) is 22.6. The number of nitrogens with one attached hydrogen (secondary N) is 1. The molecular formula is C24H24N2O5S. The van der Waals surface area contributed by atoms with E-state index in [1.54, 1.807) is 18.2 Å². The molecule has 0 bridgehead atoms. The highest BCUT2D eigenvalue weighted by molar-refractivity contribution is 7.89. The molecule has 3 aromatic carbocycles. The van der Waals surface area contributed by atoms with Gasteiger partial charge >= 0.3 is 0 Å². The van der Waals surface area contributed by atoms with Gasteiger partial charge in [0.15, 0.2) is 5.78 Å². The van der Waals surface area contributed by atoms with Crippen molar-refractivity contribution < 1.29 is 22.7 Å². The number of anilines is 1. The summed E-state index contributed by atoms with van der Waals surface area (Å²) in [7, 11) is -3.65. The van der Waals surface area contributed by atoms with Crippen LogP contribution in [0.5, 0.6) is 0 Å². The number of hydrogen-bond donors (Lipinski definition) is 1. The van der Waals surface area contributed by atoms with Gasteiger partial charge in [-0.2, -0.15) is 4.31 Å². The Morgan fingerprint density at radius 1 is 0.875 bits per heavy atom. The van der Waals surface area contributed by atoms with Gasteiger partial charge in [0.2, 0.25) is 15.9 Å². The second kappa shape index (κ2) is 9.60. The third-order valence-electron chi connectivity index (χ3n) is 5.38. The summed E-state index contributed by atoms with van der Waals surface area (Å²) < 4.78 is 32.2. The first kappa shape index (κ1) is 22.1. The molecule has 1 fully saturated rings. The van der Waals surface area contributed by atoms with E-state index in [0.717, 1.165) is 10.8 Å². The average molecular weight is 453 g/mol. The van der Waals surface area contributed by atoms with Gasteiger partial charge in [-0.15, -0.1) is 0 Å². The van der Waals surface area contributed by atoms with E-state index in [0.29, 0.717) is 37.6 Å². The van der Waals surface area contributed by atoms with Crippen LogP contribution in [0.25, 0.3) is 10.8 Å². The Bertz CT molecular complexity index is 1250. The Labute approximate surface area is 187 Å². The van der Waals surface area contributed by atoms with Crippen LogP contribution >= 0.6 is 0 Å². The van der Waals surface area contributed by atoms with Gasteiger partial charge in [0.1, 0.15) is 0 Å². The molecule has 1 aliphatic heterocycles. The number of benzene rings is 3. The summed E-state index contributed by atoms with van der Waals surface area (Å²) in [6.45, 7) is 1.33. The summed E-state index contributed by atoms with van der Waals surface area (Å²) in [4.78, 5) is 25.0. The van der Waals surface area contributed by atoms with Gasteiger partial charge in [-0.25, -0.2) is 8.42 Å². The number of morpholine rings is 1. The number of fused-ring (bicyclic) bond motifs is 1. The second-order valence-corrected chi connectivity index (χ2v) is 9.52. The second-order valence-electron chi connectivity index (χ2n) is 7.58. The Balaban J connectivity index is 1.37. The van der Waals surface area contributed by atoms with Crippen LogP contribution < -0.4 is 5.32 Å². The Kier molecular flexibility index (Phi) is 6.64. The fraction of sp³-hybridized carbons (Fsp3) is 0.250. The highest BCUT2D eigenvalue weighted by atomic mass is 32.2. The Morgan fingerprint density at radius 3 is 2.41 bits per heavy atom. The molecule has 0 aromatic heterocycles. The zero-order valence-corrected chi connectivity index (χ0v) is 18.3. The molecule has 166 valence electrons. The van der Waals surface area contributed by atoms with E-state index >= 15 is 0 Å². The molecule has 1 N–H and O–H groups in total. The van der Waals surface area contributed by atoms with Crippen molar-refractivity contribution in [2.24, 2.45) is 0 Å². The minimum absolute atomic E-state index is 0.00605. The number of Topliss-reactive ketones (excluding diaryl/α,β-unsaturated/α-hetero) is 1. The largest absolute Gasteiger partial charge is 0.379 e. The lowest BCUT2D eigenvalue weighted by Gasteiger charge is -2.26. The number of carbonyl (C=O) groups excluding carboxylic acids is 2. The third-order valence-corrected chi connectivity index (χ3v) is 7.27. The van der Waals surface area contributed by atoms with E-state index in [1.807, 2.05) is 36.4 Å². The van der Waals surface area contributed by atoms with Crippen LogP contribution in [0.4, 0.5) is 5.69 Å². The number of sulfonamides is 1. The van der Waals surface area contributed by atoms with Gasteiger partial charge in [0.25, 0.3) is 0 Å². The van der Waals surface area contributed by atoms with Crippen molar-refractivity contribution in [1.29, 1.82) is 0 Å². The summed E-state index contributed by atoms with van der Waals surface area (Å²) in [6, 6.07) is 19.4. The predicted octanol–water partition coefficient (Wildman–Crippen LogP) is 3.46. The number of ether oxygens (including phenoxy) is 1. The van der Waals surface area contributed by atoms with E-state index in [1.165, 1.54) is 16.4 Å². The monoisotopic (exact) mass is 452 g/mol. The lowest BCUT2D eigenvalue weighted by atomic mass is 10.0. The first-order chi connectivity index (χ1) is 15.4.